The fraction of sp³-hybridized carbons (Fsp3) is 0.308. The van der Waals surface area contributed by atoms with Gasteiger partial charge in [0.25, 0.3) is 5.91 Å². The van der Waals surface area contributed by atoms with E-state index in [1.807, 2.05) is 25.1 Å². The highest BCUT2D eigenvalue weighted by atomic mass is 127. The average Bonchev–Trinajstić information content (AvgIpc) is 2.73. The van der Waals surface area contributed by atoms with Gasteiger partial charge in [0, 0.05) is 16.7 Å². The number of rotatable bonds is 4. The lowest BCUT2D eigenvalue weighted by atomic mass is 10.1. The van der Waals surface area contributed by atoms with Crippen LogP contribution in [0.3, 0.4) is 0 Å². The van der Waals surface area contributed by atoms with Crippen molar-refractivity contribution in [2.24, 2.45) is 0 Å². The molecule has 20 heavy (non-hydrogen) atoms. The van der Waals surface area contributed by atoms with E-state index in [1.54, 1.807) is 0 Å². The van der Waals surface area contributed by atoms with E-state index in [0.717, 1.165) is 14.0 Å². The minimum absolute atomic E-state index is 0.0303. The number of aryl methyl sites for hydroxylation is 1. The summed E-state index contributed by atoms with van der Waals surface area (Å²) in [6, 6.07) is 5.22. The molecular weight excluding hydrogens is 373 g/mol. The molecule has 0 radical (unpaired) electrons. The number of carbonyl (C=O) groups is 3. The van der Waals surface area contributed by atoms with E-state index < -0.39 is 6.03 Å². The SMILES string of the molecule is Cc1ccc(I)c(C(=O)NCCN2C(=O)CNC2=O)c1. The molecule has 1 heterocycles. The normalized spacial score (nSPS) is 14.4. The van der Waals surface area contributed by atoms with Crippen LogP contribution in [0.1, 0.15) is 15.9 Å². The lowest BCUT2D eigenvalue weighted by Gasteiger charge is -2.13. The number of hydrogen-bond acceptors (Lipinski definition) is 3. The fourth-order valence-electron chi connectivity index (χ4n) is 1.87. The third-order valence-corrected chi connectivity index (χ3v) is 3.87. The maximum absolute atomic E-state index is 12.0. The van der Waals surface area contributed by atoms with Crippen LogP contribution >= 0.6 is 22.6 Å². The maximum Gasteiger partial charge on any atom is 0.324 e. The van der Waals surface area contributed by atoms with Gasteiger partial charge in [-0.1, -0.05) is 11.6 Å². The van der Waals surface area contributed by atoms with Gasteiger partial charge < -0.3 is 10.6 Å². The number of urea groups is 1. The summed E-state index contributed by atoms with van der Waals surface area (Å²) in [7, 11) is 0. The number of nitrogens with one attached hydrogen (secondary N) is 2. The summed E-state index contributed by atoms with van der Waals surface area (Å²) < 4.78 is 0.862. The van der Waals surface area contributed by atoms with E-state index in [2.05, 4.69) is 33.2 Å². The number of nitrogens with zero attached hydrogens (tertiary/aromatic N) is 1. The number of imide groups is 1. The molecule has 4 amide bonds. The molecule has 1 saturated heterocycles. The summed E-state index contributed by atoms with van der Waals surface area (Å²) >= 11 is 2.10. The van der Waals surface area contributed by atoms with Crippen molar-refractivity contribution < 1.29 is 14.4 Å². The number of benzene rings is 1. The molecule has 1 aliphatic heterocycles. The smallest absolute Gasteiger partial charge is 0.324 e. The lowest BCUT2D eigenvalue weighted by Crippen LogP contribution is -2.38. The predicted octanol–water partition coefficient (Wildman–Crippen LogP) is 0.881. The molecule has 1 aromatic rings. The molecule has 0 spiro atoms. The van der Waals surface area contributed by atoms with Gasteiger partial charge in [-0.05, 0) is 41.6 Å². The predicted molar refractivity (Wildman–Crippen MR) is 81.3 cm³/mol. The molecule has 106 valence electrons. The second-order valence-corrected chi connectivity index (χ2v) is 5.61. The van der Waals surface area contributed by atoms with E-state index in [1.165, 1.54) is 0 Å². The monoisotopic (exact) mass is 387 g/mol. The summed E-state index contributed by atoms with van der Waals surface area (Å²) in [4.78, 5) is 35.8. The van der Waals surface area contributed by atoms with Crippen molar-refractivity contribution in [1.82, 2.24) is 15.5 Å². The van der Waals surface area contributed by atoms with Crippen LogP contribution in [0.4, 0.5) is 4.79 Å². The molecule has 0 atom stereocenters. The van der Waals surface area contributed by atoms with Gasteiger partial charge in [-0.3, -0.25) is 14.5 Å². The molecule has 1 aliphatic rings. The molecule has 1 fully saturated rings. The Morgan fingerprint density at radius 1 is 1.45 bits per heavy atom. The van der Waals surface area contributed by atoms with Crippen LogP contribution < -0.4 is 10.6 Å². The van der Waals surface area contributed by atoms with Crippen molar-refractivity contribution in [1.29, 1.82) is 0 Å². The second-order valence-electron chi connectivity index (χ2n) is 4.44. The minimum atomic E-state index is -0.408. The second kappa shape index (κ2) is 6.21. The van der Waals surface area contributed by atoms with E-state index in [4.69, 9.17) is 0 Å². The first-order valence-corrected chi connectivity index (χ1v) is 7.19. The zero-order chi connectivity index (χ0) is 14.7. The van der Waals surface area contributed by atoms with Crippen LogP contribution in [0.2, 0.25) is 0 Å². The van der Waals surface area contributed by atoms with Gasteiger partial charge in [-0.25, -0.2) is 4.79 Å². The maximum atomic E-state index is 12.0. The zero-order valence-corrected chi connectivity index (χ0v) is 13.1. The highest BCUT2D eigenvalue weighted by molar-refractivity contribution is 14.1. The van der Waals surface area contributed by atoms with Gasteiger partial charge in [0.2, 0.25) is 5.91 Å². The van der Waals surface area contributed by atoms with Crippen molar-refractivity contribution in [3.05, 3.63) is 32.9 Å². The van der Waals surface area contributed by atoms with Gasteiger partial charge in [-0.15, -0.1) is 0 Å². The molecule has 2 rings (SSSR count). The molecule has 2 N–H and O–H groups in total. The summed E-state index contributed by atoms with van der Waals surface area (Å²) in [6.45, 7) is 2.36. The van der Waals surface area contributed by atoms with Gasteiger partial charge in [0.15, 0.2) is 0 Å². The van der Waals surface area contributed by atoms with Crippen LogP contribution in [0, 0.1) is 10.5 Å². The van der Waals surface area contributed by atoms with E-state index in [-0.39, 0.29) is 31.4 Å². The highest BCUT2D eigenvalue weighted by Gasteiger charge is 2.27. The summed E-state index contributed by atoms with van der Waals surface area (Å²) in [5.41, 5.74) is 1.60. The third-order valence-electron chi connectivity index (χ3n) is 2.92. The fourth-order valence-corrected chi connectivity index (χ4v) is 2.45. The topological polar surface area (TPSA) is 78.5 Å². The number of hydrogen-bond donors (Lipinski definition) is 2. The Hall–Kier alpha value is -1.64. The Labute approximate surface area is 130 Å². The summed E-state index contributed by atoms with van der Waals surface area (Å²) in [5, 5.41) is 5.15. The Bertz CT molecular complexity index is 558. The van der Waals surface area contributed by atoms with E-state index >= 15 is 0 Å². The first-order chi connectivity index (χ1) is 9.49. The van der Waals surface area contributed by atoms with Crippen molar-refractivity contribution >= 4 is 40.4 Å². The molecule has 0 aliphatic carbocycles. The highest BCUT2D eigenvalue weighted by Crippen LogP contribution is 2.13. The molecular formula is C13H14IN3O3. The van der Waals surface area contributed by atoms with Gasteiger partial charge in [0.1, 0.15) is 0 Å². The van der Waals surface area contributed by atoms with Crippen LogP contribution in [0.15, 0.2) is 18.2 Å². The number of halogens is 1. The van der Waals surface area contributed by atoms with Crippen LogP contribution in [0.5, 0.6) is 0 Å². The molecule has 1 aromatic carbocycles. The lowest BCUT2D eigenvalue weighted by molar-refractivity contribution is -0.124. The summed E-state index contributed by atoms with van der Waals surface area (Å²) in [6.07, 6.45) is 0. The first kappa shape index (κ1) is 14.8. The largest absolute Gasteiger partial charge is 0.350 e. The molecule has 0 saturated carbocycles. The summed E-state index contributed by atoms with van der Waals surface area (Å²) in [5.74, 6) is -0.473. The molecule has 0 unspecified atom stereocenters. The standard InChI is InChI=1S/C13H14IN3O3/c1-8-2-3-10(14)9(6-8)12(19)15-4-5-17-11(18)7-16-13(17)20/h2-3,6H,4-5,7H2,1H3,(H,15,19)(H,16,20). The van der Waals surface area contributed by atoms with Crippen molar-refractivity contribution in [2.75, 3.05) is 19.6 Å². The van der Waals surface area contributed by atoms with Crippen LogP contribution in [-0.2, 0) is 4.79 Å². The van der Waals surface area contributed by atoms with Gasteiger partial charge >= 0.3 is 6.03 Å². The average molecular weight is 387 g/mol. The van der Waals surface area contributed by atoms with Crippen LogP contribution in [-0.4, -0.2) is 42.4 Å². The minimum Gasteiger partial charge on any atom is -0.350 e. The van der Waals surface area contributed by atoms with Crippen LogP contribution in [0.25, 0.3) is 0 Å². The van der Waals surface area contributed by atoms with Crippen molar-refractivity contribution in [2.45, 2.75) is 6.92 Å². The van der Waals surface area contributed by atoms with Gasteiger partial charge in [0.05, 0.1) is 12.1 Å². The first-order valence-electron chi connectivity index (χ1n) is 6.11. The molecule has 0 bridgehead atoms. The quantitative estimate of drug-likeness (QED) is 0.595. The number of amides is 4. The third kappa shape index (κ3) is 3.27. The Morgan fingerprint density at radius 2 is 2.20 bits per heavy atom. The van der Waals surface area contributed by atoms with Crippen molar-refractivity contribution in [3.8, 4) is 0 Å². The zero-order valence-electron chi connectivity index (χ0n) is 10.9. The number of carbonyl (C=O) groups excluding carboxylic acids is 3. The Kier molecular flexibility index (Phi) is 4.58. The Balaban J connectivity index is 1.91. The molecule has 6 nitrogen and oxygen atoms in total. The van der Waals surface area contributed by atoms with E-state index in [0.29, 0.717) is 5.56 Å². The molecule has 7 heteroatoms. The van der Waals surface area contributed by atoms with E-state index in [9.17, 15) is 14.4 Å². The Morgan fingerprint density at radius 3 is 2.85 bits per heavy atom. The molecule has 0 aromatic heterocycles. The van der Waals surface area contributed by atoms with Crippen molar-refractivity contribution in [3.63, 3.8) is 0 Å². The van der Waals surface area contributed by atoms with Gasteiger partial charge in [-0.2, -0.15) is 0 Å².